The first-order valence-electron chi connectivity index (χ1n) is 9.73. The lowest BCUT2D eigenvalue weighted by Crippen LogP contribution is -2.14. The molecule has 1 aromatic heterocycles. The number of nitrogens with zero attached hydrogens (tertiary/aromatic N) is 1. The van der Waals surface area contributed by atoms with E-state index in [2.05, 4.69) is 29.4 Å². The molecule has 0 bridgehead atoms. The van der Waals surface area contributed by atoms with Crippen LogP contribution in [0.1, 0.15) is 47.6 Å². The highest BCUT2D eigenvalue weighted by atomic mass is 16.5. The topological polar surface area (TPSA) is 51.2 Å². The Morgan fingerprint density at radius 1 is 0.929 bits per heavy atom. The predicted molar refractivity (Wildman–Crippen MR) is 113 cm³/mol. The summed E-state index contributed by atoms with van der Waals surface area (Å²) in [5, 5.41) is 2.91. The molecule has 0 aliphatic heterocycles. The molecule has 0 spiro atoms. The Bertz CT molecular complexity index is 932. The van der Waals surface area contributed by atoms with Crippen LogP contribution in [0.15, 0.2) is 60.7 Å². The van der Waals surface area contributed by atoms with Gasteiger partial charge in [-0.25, -0.2) is 0 Å². The van der Waals surface area contributed by atoms with E-state index in [4.69, 9.17) is 4.74 Å². The van der Waals surface area contributed by atoms with Crippen molar-refractivity contribution >= 4 is 11.6 Å². The lowest BCUT2D eigenvalue weighted by Gasteiger charge is -2.10. The molecule has 0 atom stereocenters. The number of rotatable bonds is 7. The van der Waals surface area contributed by atoms with Gasteiger partial charge in [-0.2, -0.15) is 0 Å². The molecule has 0 unspecified atom stereocenters. The number of pyridine rings is 1. The van der Waals surface area contributed by atoms with Crippen LogP contribution in [-0.2, 0) is 12.8 Å². The second kappa shape index (κ2) is 9.18. The zero-order valence-electron chi connectivity index (χ0n) is 16.7. The van der Waals surface area contributed by atoms with Crippen LogP contribution in [0.2, 0.25) is 0 Å². The molecular weight excluding hydrogens is 348 g/mol. The molecule has 1 amide bonds. The number of carbonyl (C=O) groups excluding carboxylic acids is 1. The molecule has 28 heavy (non-hydrogen) atoms. The minimum atomic E-state index is -0.159. The number of ether oxygens (including phenoxy) is 1. The van der Waals surface area contributed by atoms with E-state index in [1.165, 1.54) is 5.56 Å². The number of hydrogen-bond donors (Lipinski definition) is 1. The minimum absolute atomic E-state index is 0.159. The smallest absolute Gasteiger partial charge is 0.257 e. The largest absolute Gasteiger partial charge is 0.457 e. The molecular formula is C24H26N2O2. The van der Waals surface area contributed by atoms with E-state index in [-0.39, 0.29) is 5.91 Å². The van der Waals surface area contributed by atoms with Crippen molar-refractivity contribution in [3.8, 4) is 11.5 Å². The second-order valence-corrected chi connectivity index (χ2v) is 6.76. The molecule has 4 heteroatoms. The van der Waals surface area contributed by atoms with Crippen LogP contribution in [0.25, 0.3) is 0 Å². The third kappa shape index (κ3) is 4.97. The first-order chi connectivity index (χ1) is 13.6. The highest BCUT2D eigenvalue weighted by Crippen LogP contribution is 2.24. The summed E-state index contributed by atoms with van der Waals surface area (Å²) in [5.74, 6) is 1.37. The molecule has 0 saturated carbocycles. The maximum atomic E-state index is 12.5. The van der Waals surface area contributed by atoms with Gasteiger partial charge in [0.15, 0.2) is 0 Å². The Morgan fingerprint density at radius 2 is 1.57 bits per heavy atom. The van der Waals surface area contributed by atoms with Crippen LogP contribution in [0.3, 0.4) is 0 Å². The Labute approximate surface area is 166 Å². The zero-order valence-corrected chi connectivity index (χ0v) is 16.7. The van der Waals surface area contributed by atoms with E-state index < -0.39 is 0 Å². The zero-order chi connectivity index (χ0) is 19.9. The van der Waals surface area contributed by atoms with E-state index in [0.29, 0.717) is 5.56 Å². The molecule has 1 N–H and O–H groups in total. The fraction of sp³-hybridized carbons (Fsp3) is 0.250. The Balaban J connectivity index is 1.63. The molecule has 0 aliphatic carbocycles. The summed E-state index contributed by atoms with van der Waals surface area (Å²) in [6, 6.07) is 19.2. The molecule has 0 fully saturated rings. The normalized spacial score (nSPS) is 10.5. The first-order valence-corrected chi connectivity index (χ1v) is 9.73. The maximum Gasteiger partial charge on any atom is 0.257 e. The van der Waals surface area contributed by atoms with Crippen LogP contribution < -0.4 is 10.1 Å². The van der Waals surface area contributed by atoms with Gasteiger partial charge in [0.25, 0.3) is 5.91 Å². The Hall–Kier alpha value is -3.14. The number of aryl methyl sites for hydroxylation is 3. The third-order valence-electron chi connectivity index (χ3n) is 4.56. The first kappa shape index (κ1) is 19.6. The number of carbonyl (C=O) groups is 1. The summed E-state index contributed by atoms with van der Waals surface area (Å²) in [6.45, 7) is 6.07. The molecule has 2 aromatic carbocycles. The van der Waals surface area contributed by atoms with E-state index in [1.54, 1.807) is 0 Å². The summed E-state index contributed by atoms with van der Waals surface area (Å²) in [6.07, 6.45) is 3.06. The summed E-state index contributed by atoms with van der Waals surface area (Å²) < 4.78 is 5.88. The number of amides is 1. The van der Waals surface area contributed by atoms with Crippen molar-refractivity contribution in [2.45, 2.75) is 40.0 Å². The monoisotopic (exact) mass is 374 g/mol. The van der Waals surface area contributed by atoms with Crippen molar-refractivity contribution in [1.82, 2.24) is 4.98 Å². The van der Waals surface area contributed by atoms with Crippen molar-refractivity contribution in [2.75, 3.05) is 5.32 Å². The molecule has 3 rings (SSSR count). The number of hydrogen-bond acceptors (Lipinski definition) is 3. The molecule has 4 nitrogen and oxygen atoms in total. The van der Waals surface area contributed by atoms with E-state index in [0.717, 1.165) is 47.8 Å². The van der Waals surface area contributed by atoms with Gasteiger partial charge in [-0.15, -0.1) is 0 Å². The molecule has 0 aliphatic rings. The highest BCUT2D eigenvalue weighted by Gasteiger charge is 2.11. The summed E-state index contributed by atoms with van der Waals surface area (Å²) in [4.78, 5) is 17.0. The summed E-state index contributed by atoms with van der Waals surface area (Å²) in [5.41, 5.74) is 4.34. The summed E-state index contributed by atoms with van der Waals surface area (Å²) in [7, 11) is 0. The van der Waals surface area contributed by atoms with E-state index in [1.807, 2.05) is 62.4 Å². The van der Waals surface area contributed by atoms with Gasteiger partial charge in [-0.1, -0.05) is 32.4 Å². The predicted octanol–water partition coefficient (Wildman–Crippen LogP) is 5.95. The maximum absolute atomic E-state index is 12.5. The number of anilines is 1. The Morgan fingerprint density at radius 3 is 2.14 bits per heavy atom. The van der Waals surface area contributed by atoms with Gasteiger partial charge in [0.1, 0.15) is 11.5 Å². The van der Waals surface area contributed by atoms with Crippen molar-refractivity contribution in [3.05, 3.63) is 83.2 Å². The lowest BCUT2D eigenvalue weighted by molar-refractivity contribution is 0.102. The molecule has 0 saturated heterocycles. The van der Waals surface area contributed by atoms with Gasteiger partial charge in [-0.05, 0) is 73.9 Å². The summed E-state index contributed by atoms with van der Waals surface area (Å²) >= 11 is 0. The number of aromatic nitrogens is 1. The van der Waals surface area contributed by atoms with Gasteiger partial charge in [-0.3, -0.25) is 9.78 Å². The second-order valence-electron chi connectivity index (χ2n) is 6.76. The molecule has 0 radical (unpaired) electrons. The van der Waals surface area contributed by atoms with Gasteiger partial charge < -0.3 is 10.1 Å². The standard InChI is InChI=1S/C24H26N2O2/c1-4-6-18-7-12-21(13-8-18)28-22-14-9-20(10-15-22)26-24(27)23-16-11-19(5-2)25-17(23)3/h7-16H,4-6H2,1-3H3,(H,26,27). The third-order valence-corrected chi connectivity index (χ3v) is 4.56. The van der Waals surface area contributed by atoms with Crippen LogP contribution in [0.4, 0.5) is 5.69 Å². The van der Waals surface area contributed by atoms with Crippen LogP contribution in [-0.4, -0.2) is 10.9 Å². The van der Waals surface area contributed by atoms with Crippen molar-refractivity contribution < 1.29 is 9.53 Å². The van der Waals surface area contributed by atoms with Crippen LogP contribution in [0.5, 0.6) is 11.5 Å². The van der Waals surface area contributed by atoms with Crippen molar-refractivity contribution in [3.63, 3.8) is 0 Å². The molecule has 3 aromatic rings. The van der Waals surface area contributed by atoms with Gasteiger partial charge in [0.2, 0.25) is 0 Å². The average molecular weight is 374 g/mol. The van der Waals surface area contributed by atoms with Crippen LogP contribution in [0, 0.1) is 6.92 Å². The van der Waals surface area contributed by atoms with Gasteiger partial charge in [0.05, 0.1) is 11.3 Å². The average Bonchev–Trinajstić information content (AvgIpc) is 2.71. The van der Waals surface area contributed by atoms with Gasteiger partial charge >= 0.3 is 0 Å². The Kier molecular flexibility index (Phi) is 6.43. The van der Waals surface area contributed by atoms with Gasteiger partial charge in [0, 0.05) is 11.4 Å². The molecule has 144 valence electrons. The quantitative estimate of drug-likeness (QED) is 0.556. The van der Waals surface area contributed by atoms with E-state index >= 15 is 0 Å². The number of benzene rings is 2. The van der Waals surface area contributed by atoms with Crippen LogP contribution >= 0.6 is 0 Å². The minimum Gasteiger partial charge on any atom is -0.457 e. The fourth-order valence-electron chi connectivity index (χ4n) is 3.00. The van der Waals surface area contributed by atoms with Crippen molar-refractivity contribution in [2.24, 2.45) is 0 Å². The highest BCUT2D eigenvalue weighted by molar-refractivity contribution is 6.05. The van der Waals surface area contributed by atoms with Crippen molar-refractivity contribution in [1.29, 1.82) is 0 Å². The van der Waals surface area contributed by atoms with E-state index in [9.17, 15) is 4.79 Å². The number of nitrogens with one attached hydrogen (secondary N) is 1. The fourth-order valence-corrected chi connectivity index (χ4v) is 3.00. The SMILES string of the molecule is CCCc1ccc(Oc2ccc(NC(=O)c3ccc(CC)nc3C)cc2)cc1. The lowest BCUT2D eigenvalue weighted by atomic mass is 10.1. The molecule has 1 heterocycles.